The average molecular weight is 481 g/mol. The molecular weight excluding hydrogens is 456 g/mol. The lowest BCUT2D eigenvalue weighted by Gasteiger charge is -2.34. The van der Waals surface area contributed by atoms with Gasteiger partial charge in [0.15, 0.2) is 5.76 Å². The Hall–Kier alpha value is -4.66. The molecule has 5 aromatic rings. The van der Waals surface area contributed by atoms with Crippen molar-refractivity contribution in [2.75, 3.05) is 12.4 Å². The van der Waals surface area contributed by atoms with Gasteiger partial charge < -0.3 is 24.9 Å². The first-order valence-electron chi connectivity index (χ1n) is 11.7. The topological polar surface area (TPSA) is 116 Å². The lowest BCUT2D eigenvalue weighted by atomic mass is 9.95. The highest BCUT2D eigenvalue weighted by Crippen LogP contribution is 2.32. The number of fused-ring (bicyclic) bond motifs is 4. The summed E-state index contributed by atoms with van der Waals surface area (Å²) in [4.78, 5) is 40.2. The number of furan rings is 1. The number of nitrogens with zero attached hydrogens (tertiary/aromatic N) is 3. The number of carbonyl (C=O) groups excluding carboxylic acids is 2. The summed E-state index contributed by atoms with van der Waals surface area (Å²) in [6.45, 7) is 0.664. The molecule has 0 saturated heterocycles. The van der Waals surface area contributed by atoms with Crippen LogP contribution in [0.15, 0.2) is 71.6 Å². The van der Waals surface area contributed by atoms with Crippen LogP contribution in [0.2, 0.25) is 0 Å². The summed E-state index contributed by atoms with van der Waals surface area (Å²) >= 11 is 0. The molecule has 2 aromatic carbocycles. The Balaban J connectivity index is 1.27. The van der Waals surface area contributed by atoms with Gasteiger partial charge in [0.2, 0.25) is 5.91 Å². The molecule has 3 aromatic heterocycles. The second-order valence-corrected chi connectivity index (χ2v) is 8.78. The summed E-state index contributed by atoms with van der Waals surface area (Å²) in [6.07, 6.45) is 5.24. The van der Waals surface area contributed by atoms with Gasteiger partial charge >= 0.3 is 0 Å². The van der Waals surface area contributed by atoms with Crippen LogP contribution in [0.25, 0.3) is 21.9 Å². The van der Waals surface area contributed by atoms with E-state index in [0.29, 0.717) is 18.5 Å². The monoisotopic (exact) mass is 480 g/mol. The van der Waals surface area contributed by atoms with Crippen molar-refractivity contribution in [1.82, 2.24) is 25.2 Å². The summed E-state index contributed by atoms with van der Waals surface area (Å²) in [6, 6.07) is 14.8. The van der Waals surface area contributed by atoms with Crippen LogP contribution >= 0.6 is 0 Å². The Morgan fingerprint density at radius 3 is 2.81 bits per heavy atom. The second-order valence-electron chi connectivity index (χ2n) is 8.78. The summed E-state index contributed by atoms with van der Waals surface area (Å²) in [5.41, 5.74) is 6.15. The summed E-state index contributed by atoms with van der Waals surface area (Å²) in [5, 5.41) is 7.13. The van der Waals surface area contributed by atoms with E-state index in [0.717, 1.165) is 38.9 Å². The van der Waals surface area contributed by atoms with Gasteiger partial charge in [0, 0.05) is 60.3 Å². The number of nitrogens with one attached hydrogen (secondary N) is 3. The Morgan fingerprint density at radius 1 is 1.11 bits per heavy atom. The quantitative estimate of drug-likeness (QED) is 0.354. The molecule has 1 aliphatic heterocycles. The number of aromatic nitrogens is 3. The maximum absolute atomic E-state index is 13.7. The van der Waals surface area contributed by atoms with E-state index >= 15 is 0 Å². The molecule has 180 valence electrons. The molecule has 0 radical (unpaired) electrons. The number of carbonyl (C=O) groups is 2. The highest BCUT2D eigenvalue weighted by Gasteiger charge is 2.38. The first-order valence-corrected chi connectivity index (χ1v) is 11.7. The van der Waals surface area contributed by atoms with Crippen molar-refractivity contribution in [3.8, 4) is 0 Å². The normalized spacial score (nSPS) is 15.1. The van der Waals surface area contributed by atoms with E-state index in [1.165, 1.54) is 6.26 Å². The Bertz CT molecular complexity index is 1600. The number of hydrogen-bond donors (Lipinski definition) is 3. The number of anilines is 1. The number of rotatable bonds is 5. The minimum absolute atomic E-state index is 0.206. The average Bonchev–Trinajstić information content (AvgIpc) is 3.54. The van der Waals surface area contributed by atoms with Crippen LogP contribution in [0, 0.1) is 0 Å². The molecule has 0 bridgehead atoms. The zero-order chi connectivity index (χ0) is 24.6. The van der Waals surface area contributed by atoms with Gasteiger partial charge in [-0.1, -0.05) is 18.2 Å². The molecule has 1 unspecified atom stereocenters. The second kappa shape index (κ2) is 8.84. The molecule has 3 N–H and O–H groups in total. The number of H-pyrrole nitrogens is 1. The third-order valence-electron chi connectivity index (χ3n) is 6.71. The largest absolute Gasteiger partial charge is 0.459 e. The van der Waals surface area contributed by atoms with E-state index in [9.17, 15) is 9.59 Å². The molecule has 4 heterocycles. The smallest absolute Gasteiger partial charge is 0.290 e. The highest BCUT2D eigenvalue weighted by atomic mass is 16.3. The van der Waals surface area contributed by atoms with Crippen LogP contribution in [0.1, 0.15) is 27.4 Å². The van der Waals surface area contributed by atoms with Crippen LogP contribution < -0.4 is 10.6 Å². The Labute approximate surface area is 206 Å². The zero-order valence-electron chi connectivity index (χ0n) is 19.6. The molecule has 0 saturated carbocycles. The maximum atomic E-state index is 13.7. The lowest BCUT2D eigenvalue weighted by molar-refractivity contribution is -0.125. The van der Waals surface area contributed by atoms with Gasteiger partial charge in [-0.25, -0.2) is 0 Å². The molecule has 1 aliphatic rings. The van der Waals surface area contributed by atoms with Gasteiger partial charge in [0.25, 0.3) is 5.91 Å². The number of benzene rings is 2. The van der Waals surface area contributed by atoms with Crippen molar-refractivity contribution >= 4 is 39.4 Å². The van der Waals surface area contributed by atoms with E-state index < -0.39 is 6.04 Å². The molecule has 9 nitrogen and oxygen atoms in total. The standard InChI is InChI=1S/C27H24N6O3/c1-28-26(34)24-13-19-18-4-2-3-5-20(18)32-23(19)15-33(24)27(35)25-16(8-11-36-25)14-31-17-6-7-21-22(12-17)30-10-9-29-21/h2-12,24,31-32H,13-15H2,1H3,(H,28,34). The predicted molar refractivity (Wildman–Crippen MR) is 135 cm³/mol. The van der Waals surface area contributed by atoms with Crippen molar-refractivity contribution in [2.45, 2.75) is 25.6 Å². The van der Waals surface area contributed by atoms with E-state index in [1.54, 1.807) is 30.4 Å². The molecular formula is C27H24N6O3. The third kappa shape index (κ3) is 3.74. The maximum Gasteiger partial charge on any atom is 0.290 e. The fraction of sp³-hybridized carbons (Fsp3) is 0.185. The fourth-order valence-corrected chi connectivity index (χ4v) is 4.89. The SMILES string of the molecule is CNC(=O)C1Cc2c([nH]c3ccccc23)CN1C(=O)c1occc1CNc1ccc2nccnc2c1. The van der Waals surface area contributed by atoms with Gasteiger partial charge in [-0.05, 0) is 35.9 Å². The summed E-state index contributed by atoms with van der Waals surface area (Å²) in [7, 11) is 1.59. The first-order chi connectivity index (χ1) is 17.6. The molecule has 0 aliphatic carbocycles. The van der Waals surface area contributed by atoms with Gasteiger partial charge in [-0.3, -0.25) is 19.6 Å². The molecule has 9 heteroatoms. The van der Waals surface area contributed by atoms with Crippen LogP contribution in [0.3, 0.4) is 0 Å². The molecule has 6 rings (SSSR count). The minimum Gasteiger partial charge on any atom is -0.459 e. The summed E-state index contributed by atoms with van der Waals surface area (Å²) < 4.78 is 5.65. The Morgan fingerprint density at radius 2 is 1.94 bits per heavy atom. The van der Waals surface area contributed by atoms with Crippen LogP contribution in [-0.4, -0.2) is 44.8 Å². The van der Waals surface area contributed by atoms with Crippen molar-refractivity contribution in [1.29, 1.82) is 0 Å². The first kappa shape index (κ1) is 21.8. The molecule has 36 heavy (non-hydrogen) atoms. The van der Waals surface area contributed by atoms with Gasteiger partial charge in [-0.15, -0.1) is 0 Å². The number of hydrogen-bond acceptors (Lipinski definition) is 6. The molecule has 1 atom stereocenters. The molecule has 0 fully saturated rings. The van der Waals surface area contributed by atoms with Crippen LogP contribution in [0.5, 0.6) is 0 Å². The fourth-order valence-electron chi connectivity index (χ4n) is 4.89. The van der Waals surface area contributed by atoms with E-state index in [2.05, 4.69) is 25.6 Å². The number of likely N-dealkylation sites (N-methyl/N-ethyl adjacent to an activating group) is 1. The van der Waals surface area contributed by atoms with Crippen molar-refractivity contribution < 1.29 is 14.0 Å². The molecule has 2 amide bonds. The van der Waals surface area contributed by atoms with Crippen molar-refractivity contribution in [3.05, 3.63) is 89.8 Å². The number of aromatic amines is 1. The minimum atomic E-state index is -0.640. The van der Waals surface area contributed by atoms with Gasteiger partial charge in [-0.2, -0.15) is 0 Å². The van der Waals surface area contributed by atoms with Crippen molar-refractivity contribution in [3.63, 3.8) is 0 Å². The highest BCUT2D eigenvalue weighted by molar-refractivity contribution is 5.98. The number of para-hydroxylation sites is 1. The third-order valence-corrected chi connectivity index (χ3v) is 6.71. The molecule has 0 spiro atoms. The van der Waals surface area contributed by atoms with Crippen LogP contribution in [-0.2, 0) is 24.3 Å². The number of amides is 2. The van der Waals surface area contributed by atoms with E-state index in [-0.39, 0.29) is 24.1 Å². The van der Waals surface area contributed by atoms with Crippen molar-refractivity contribution in [2.24, 2.45) is 0 Å². The Kier molecular flexibility index (Phi) is 5.37. The van der Waals surface area contributed by atoms with Crippen LogP contribution in [0.4, 0.5) is 5.69 Å². The lowest BCUT2D eigenvalue weighted by Crippen LogP contribution is -2.52. The van der Waals surface area contributed by atoms with Gasteiger partial charge in [0.1, 0.15) is 6.04 Å². The predicted octanol–water partition coefficient (Wildman–Crippen LogP) is 3.63. The van der Waals surface area contributed by atoms with Gasteiger partial charge in [0.05, 0.1) is 23.8 Å². The van der Waals surface area contributed by atoms with E-state index in [4.69, 9.17) is 4.42 Å². The van der Waals surface area contributed by atoms with E-state index in [1.807, 2.05) is 42.5 Å². The zero-order valence-corrected chi connectivity index (χ0v) is 19.6. The summed E-state index contributed by atoms with van der Waals surface area (Å²) in [5.74, 6) is -0.307.